The van der Waals surface area contributed by atoms with Crippen molar-refractivity contribution in [3.05, 3.63) is 56.8 Å². The Kier molecular flexibility index (Phi) is 5.16. The zero-order valence-electron chi connectivity index (χ0n) is 15.2. The number of benzene rings is 1. The lowest BCUT2D eigenvalue weighted by molar-refractivity contribution is -0.132. The lowest BCUT2D eigenvalue weighted by atomic mass is 10.1. The molecule has 1 saturated heterocycles. The molecule has 0 unspecified atom stereocenters. The second kappa shape index (κ2) is 7.11. The molecule has 0 aliphatic carbocycles. The van der Waals surface area contributed by atoms with Gasteiger partial charge in [-0.05, 0) is 62.0 Å². The second-order valence-corrected chi connectivity index (χ2v) is 7.54. The molecule has 2 aromatic rings. The van der Waals surface area contributed by atoms with E-state index >= 15 is 0 Å². The summed E-state index contributed by atoms with van der Waals surface area (Å²) < 4.78 is 1.96. The third kappa shape index (κ3) is 3.29. The number of carbonyl (C=O) groups is 2. The number of likely N-dealkylation sites (N-methyl/N-ethyl adjacent to an activating group) is 2. The molecule has 0 N–H and O–H groups in total. The molecular weight excluding hydrogens is 405 g/mol. The number of hydrogen-bond donors (Lipinski definition) is 0. The molecule has 0 saturated carbocycles. The molecular formula is C19H17Cl2N3O2S. The lowest BCUT2D eigenvalue weighted by Crippen LogP contribution is -2.52. The minimum atomic E-state index is -0.419. The number of halogens is 2. The average molecular weight is 422 g/mol. The number of aromatic nitrogens is 1. The number of aryl methyl sites for hydroxylation is 1. The van der Waals surface area contributed by atoms with Crippen LogP contribution >= 0.6 is 35.4 Å². The van der Waals surface area contributed by atoms with Gasteiger partial charge in [-0.1, -0.05) is 23.2 Å². The van der Waals surface area contributed by atoms with Gasteiger partial charge in [0.05, 0.1) is 10.7 Å². The number of hydrogen-bond acceptors (Lipinski definition) is 3. The largest absolute Gasteiger partial charge is 0.316 e. The highest BCUT2D eigenvalue weighted by Gasteiger charge is 2.35. The van der Waals surface area contributed by atoms with E-state index in [0.29, 0.717) is 10.0 Å². The third-order valence-electron chi connectivity index (χ3n) is 4.56. The van der Waals surface area contributed by atoms with Crippen LogP contribution < -0.4 is 0 Å². The molecule has 140 valence electrons. The maximum atomic E-state index is 12.5. The van der Waals surface area contributed by atoms with Crippen molar-refractivity contribution in [1.82, 2.24) is 14.4 Å². The summed E-state index contributed by atoms with van der Waals surface area (Å²) in [5.74, 6) is -0.838. The Bertz CT molecular complexity index is 1000. The van der Waals surface area contributed by atoms with Gasteiger partial charge in [0.25, 0.3) is 11.8 Å². The van der Waals surface area contributed by atoms with Gasteiger partial charge < -0.3 is 4.57 Å². The summed E-state index contributed by atoms with van der Waals surface area (Å²) >= 11 is 17.5. The monoisotopic (exact) mass is 421 g/mol. The van der Waals surface area contributed by atoms with Gasteiger partial charge in [-0.15, -0.1) is 0 Å². The van der Waals surface area contributed by atoms with Gasteiger partial charge in [0, 0.05) is 30.5 Å². The minimum absolute atomic E-state index is 0.0658. The fourth-order valence-electron chi connectivity index (χ4n) is 3.10. The van der Waals surface area contributed by atoms with Crippen molar-refractivity contribution >= 4 is 58.4 Å². The average Bonchev–Trinajstić information content (AvgIpc) is 2.89. The van der Waals surface area contributed by atoms with Crippen molar-refractivity contribution in [2.75, 3.05) is 14.1 Å². The Morgan fingerprint density at radius 1 is 1.00 bits per heavy atom. The number of thiocarbonyl (C=S) groups is 1. The molecule has 1 aliphatic heterocycles. The van der Waals surface area contributed by atoms with Crippen molar-refractivity contribution in [2.24, 2.45) is 0 Å². The van der Waals surface area contributed by atoms with Gasteiger partial charge in [-0.2, -0.15) is 0 Å². The lowest BCUT2D eigenvalue weighted by Gasteiger charge is -2.31. The fourth-order valence-corrected chi connectivity index (χ4v) is 3.76. The molecule has 3 rings (SSSR count). The molecule has 0 radical (unpaired) electrons. The van der Waals surface area contributed by atoms with Gasteiger partial charge in [0.2, 0.25) is 0 Å². The van der Waals surface area contributed by atoms with Crippen LogP contribution in [-0.4, -0.2) is 45.4 Å². The van der Waals surface area contributed by atoms with E-state index in [9.17, 15) is 9.59 Å². The second-order valence-electron chi connectivity index (χ2n) is 6.33. The summed E-state index contributed by atoms with van der Waals surface area (Å²) in [4.78, 5) is 27.7. The van der Waals surface area contributed by atoms with Crippen LogP contribution in [0.15, 0.2) is 29.8 Å². The topological polar surface area (TPSA) is 45.6 Å². The van der Waals surface area contributed by atoms with Crippen molar-refractivity contribution in [2.45, 2.75) is 13.8 Å². The van der Waals surface area contributed by atoms with Crippen LogP contribution in [0.3, 0.4) is 0 Å². The number of amides is 2. The van der Waals surface area contributed by atoms with Gasteiger partial charge in [0.1, 0.15) is 5.57 Å². The van der Waals surface area contributed by atoms with Crippen molar-refractivity contribution in [3.8, 4) is 5.69 Å². The first-order valence-electron chi connectivity index (χ1n) is 8.09. The third-order valence-corrected chi connectivity index (χ3v) is 5.65. The highest BCUT2D eigenvalue weighted by atomic mass is 35.5. The number of carbonyl (C=O) groups excluding carboxylic acids is 2. The van der Waals surface area contributed by atoms with Crippen LogP contribution in [0.2, 0.25) is 10.0 Å². The van der Waals surface area contributed by atoms with E-state index in [4.69, 9.17) is 35.4 Å². The highest BCUT2D eigenvalue weighted by molar-refractivity contribution is 7.80. The number of rotatable bonds is 2. The summed E-state index contributed by atoms with van der Waals surface area (Å²) in [6.07, 6.45) is 1.60. The van der Waals surface area contributed by atoms with Crippen LogP contribution in [0.1, 0.15) is 17.0 Å². The maximum absolute atomic E-state index is 12.5. The summed E-state index contributed by atoms with van der Waals surface area (Å²) in [7, 11) is 3.11. The highest BCUT2D eigenvalue weighted by Crippen LogP contribution is 2.30. The van der Waals surface area contributed by atoms with Crippen LogP contribution in [0, 0.1) is 13.8 Å². The zero-order valence-corrected chi connectivity index (χ0v) is 17.5. The van der Waals surface area contributed by atoms with E-state index < -0.39 is 11.8 Å². The molecule has 1 aromatic carbocycles. The van der Waals surface area contributed by atoms with Crippen molar-refractivity contribution in [3.63, 3.8) is 0 Å². The summed E-state index contributed by atoms with van der Waals surface area (Å²) in [5, 5.41) is 1.24. The Morgan fingerprint density at radius 3 is 2.15 bits per heavy atom. The van der Waals surface area contributed by atoms with E-state index in [-0.39, 0.29) is 10.7 Å². The Balaban J connectivity index is 2.12. The molecule has 2 amide bonds. The van der Waals surface area contributed by atoms with Crippen LogP contribution in [0.5, 0.6) is 0 Å². The molecule has 1 aliphatic rings. The van der Waals surface area contributed by atoms with E-state index in [2.05, 4.69) is 0 Å². The van der Waals surface area contributed by atoms with Gasteiger partial charge in [-0.3, -0.25) is 19.4 Å². The summed E-state index contributed by atoms with van der Waals surface area (Å²) in [5.41, 5.74) is 3.36. The minimum Gasteiger partial charge on any atom is -0.316 e. The fraction of sp³-hybridized carbons (Fsp3) is 0.211. The van der Waals surface area contributed by atoms with E-state index in [0.717, 1.165) is 22.6 Å². The molecule has 0 spiro atoms. The zero-order chi connectivity index (χ0) is 20.0. The first-order valence-corrected chi connectivity index (χ1v) is 9.26. The Hall–Kier alpha value is -2.15. The van der Waals surface area contributed by atoms with Gasteiger partial charge in [0.15, 0.2) is 5.11 Å². The maximum Gasteiger partial charge on any atom is 0.265 e. The van der Waals surface area contributed by atoms with Gasteiger partial charge >= 0.3 is 0 Å². The van der Waals surface area contributed by atoms with Gasteiger partial charge in [-0.25, -0.2) is 0 Å². The first kappa shape index (κ1) is 19.6. The standard InChI is InChI=1S/C19H17Cl2N3O2S/c1-10-7-12(8-14-17(25)22(3)19(27)23(4)18(14)26)11(2)24(10)16-6-5-13(20)9-15(16)21/h5-9H,1-4H3. The van der Waals surface area contributed by atoms with E-state index in [1.54, 1.807) is 32.3 Å². The smallest absolute Gasteiger partial charge is 0.265 e. The molecule has 27 heavy (non-hydrogen) atoms. The molecule has 8 heteroatoms. The molecule has 1 aromatic heterocycles. The van der Waals surface area contributed by atoms with Crippen LogP contribution in [0.25, 0.3) is 11.8 Å². The van der Waals surface area contributed by atoms with Crippen LogP contribution in [0.4, 0.5) is 0 Å². The predicted molar refractivity (Wildman–Crippen MR) is 111 cm³/mol. The number of nitrogens with zero attached hydrogens (tertiary/aromatic N) is 3. The Morgan fingerprint density at radius 2 is 1.59 bits per heavy atom. The molecule has 2 heterocycles. The van der Waals surface area contributed by atoms with E-state index in [1.165, 1.54) is 9.80 Å². The summed E-state index contributed by atoms with van der Waals surface area (Å²) in [6, 6.07) is 7.17. The molecule has 0 bridgehead atoms. The SMILES string of the molecule is Cc1cc(C=C2C(=O)N(C)C(=S)N(C)C2=O)c(C)n1-c1ccc(Cl)cc1Cl. The van der Waals surface area contributed by atoms with Crippen LogP contribution in [-0.2, 0) is 9.59 Å². The van der Waals surface area contributed by atoms with Crippen molar-refractivity contribution in [1.29, 1.82) is 0 Å². The normalized spacial score (nSPS) is 15.0. The van der Waals surface area contributed by atoms with E-state index in [1.807, 2.05) is 30.5 Å². The predicted octanol–water partition coefficient (Wildman–Crippen LogP) is 4.00. The Labute approximate surface area is 172 Å². The molecule has 5 nitrogen and oxygen atoms in total. The molecule has 0 atom stereocenters. The van der Waals surface area contributed by atoms with Crippen molar-refractivity contribution < 1.29 is 9.59 Å². The quantitative estimate of drug-likeness (QED) is 0.418. The molecule has 1 fully saturated rings. The first-order chi connectivity index (χ1) is 12.6. The summed E-state index contributed by atoms with van der Waals surface area (Å²) in [6.45, 7) is 3.83.